The number of aromatic nitrogens is 2. The fourth-order valence-electron chi connectivity index (χ4n) is 3.70. The lowest BCUT2D eigenvalue weighted by Gasteiger charge is -2.24. The van der Waals surface area contributed by atoms with Crippen LogP contribution >= 0.6 is 0 Å². The van der Waals surface area contributed by atoms with E-state index < -0.39 is 11.2 Å². The number of nitrogen functional groups attached to an aromatic ring is 1. The molecule has 9 heteroatoms. The number of carbonyl (C=O) groups excluding carboxylic acids is 1. The maximum absolute atomic E-state index is 13.4. The minimum Gasteiger partial charge on any atom is -0.464 e. The number of unbranched alkanes of at least 4 members (excludes halogenated alkanes) is 1. The first kappa shape index (κ1) is 23.3. The third-order valence-electron chi connectivity index (χ3n) is 5.72. The number of amides is 1. The summed E-state index contributed by atoms with van der Waals surface area (Å²) in [5, 5.41) is 0.850. The molecule has 0 unspecified atom stereocenters. The number of benzene rings is 1. The van der Waals surface area contributed by atoms with E-state index in [4.69, 9.17) is 14.9 Å². The first-order valence-electron chi connectivity index (χ1n) is 10.7. The number of aryl methyl sites for hydroxylation is 2. The van der Waals surface area contributed by atoms with E-state index in [1.54, 1.807) is 6.26 Å². The van der Waals surface area contributed by atoms with Crippen LogP contribution in [0, 0.1) is 13.8 Å². The Morgan fingerprint density at radius 2 is 2.03 bits per heavy atom. The van der Waals surface area contributed by atoms with E-state index in [1.165, 1.54) is 16.6 Å². The predicted molar refractivity (Wildman–Crippen MR) is 124 cm³/mol. The molecule has 0 atom stereocenters. The van der Waals surface area contributed by atoms with Crippen molar-refractivity contribution in [2.24, 2.45) is 0 Å². The second-order valence-corrected chi connectivity index (χ2v) is 7.86. The van der Waals surface area contributed by atoms with Crippen LogP contribution in [0.5, 0.6) is 0 Å². The van der Waals surface area contributed by atoms with Crippen molar-refractivity contribution in [3.05, 3.63) is 55.9 Å². The number of anilines is 2. The molecular weight excluding hydrogens is 412 g/mol. The highest BCUT2D eigenvalue weighted by molar-refractivity contribution is 5.99. The molecular formula is C23H30N4O5. The van der Waals surface area contributed by atoms with Gasteiger partial charge in [-0.1, -0.05) is 25.5 Å². The molecule has 0 aliphatic heterocycles. The van der Waals surface area contributed by atoms with Crippen LogP contribution in [-0.2, 0) is 22.5 Å². The molecule has 2 aromatic heterocycles. The summed E-state index contributed by atoms with van der Waals surface area (Å²) in [6.45, 7) is 6.61. The van der Waals surface area contributed by atoms with Crippen LogP contribution in [0.15, 0.2) is 32.4 Å². The lowest BCUT2D eigenvalue weighted by Crippen LogP contribution is -2.43. The number of nitrogens with two attached hydrogens (primary N) is 1. The average molecular weight is 443 g/mol. The molecule has 0 bridgehead atoms. The third-order valence-corrected chi connectivity index (χ3v) is 5.72. The monoisotopic (exact) mass is 442 g/mol. The second kappa shape index (κ2) is 9.86. The van der Waals surface area contributed by atoms with Crippen molar-refractivity contribution in [1.82, 2.24) is 9.55 Å². The molecule has 172 valence electrons. The Balaban J connectivity index is 2.02. The zero-order valence-corrected chi connectivity index (χ0v) is 19.0. The van der Waals surface area contributed by atoms with Crippen LogP contribution in [0.2, 0.25) is 0 Å². The van der Waals surface area contributed by atoms with E-state index in [0.29, 0.717) is 18.5 Å². The van der Waals surface area contributed by atoms with Gasteiger partial charge in [0.05, 0.1) is 19.3 Å². The minimum absolute atomic E-state index is 0.00613. The number of aromatic amines is 1. The minimum atomic E-state index is -0.701. The van der Waals surface area contributed by atoms with Gasteiger partial charge in [-0.05, 0) is 31.4 Å². The predicted octanol–water partition coefficient (Wildman–Crippen LogP) is 2.50. The van der Waals surface area contributed by atoms with Gasteiger partial charge in [-0.2, -0.15) is 0 Å². The quantitative estimate of drug-likeness (QED) is 0.525. The molecule has 3 aromatic rings. The summed E-state index contributed by atoms with van der Waals surface area (Å²) in [4.78, 5) is 41.9. The third kappa shape index (κ3) is 4.47. The van der Waals surface area contributed by atoms with Crippen LogP contribution in [0.1, 0.15) is 36.5 Å². The number of rotatable bonds is 9. The average Bonchev–Trinajstić information content (AvgIpc) is 3.16. The van der Waals surface area contributed by atoms with Gasteiger partial charge in [0.25, 0.3) is 5.56 Å². The second-order valence-electron chi connectivity index (χ2n) is 7.86. The number of hydrogen-bond donors (Lipinski definition) is 2. The Morgan fingerprint density at radius 3 is 2.72 bits per heavy atom. The number of ether oxygens (including phenoxy) is 1. The van der Waals surface area contributed by atoms with E-state index in [0.717, 1.165) is 28.5 Å². The number of nitrogens with zero attached hydrogens (tertiary/aromatic N) is 2. The summed E-state index contributed by atoms with van der Waals surface area (Å²) in [5.74, 6) is -0.374. The van der Waals surface area contributed by atoms with Crippen molar-refractivity contribution in [2.75, 3.05) is 30.9 Å². The van der Waals surface area contributed by atoms with Crippen LogP contribution < -0.4 is 21.9 Å². The van der Waals surface area contributed by atoms with Gasteiger partial charge in [0.2, 0.25) is 5.91 Å². The van der Waals surface area contributed by atoms with Crippen molar-refractivity contribution in [3.8, 4) is 0 Å². The number of furan rings is 1. The molecule has 0 spiro atoms. The molecule has 0 aliphatic rings. The van der Waals surface area contributed by atoms with Gasteiger partial charge in [-0.3, -0.25) is 19.1 Å². The molecule has 2 heterocycles. The maximum atomic E-state index is 13.4. The molecule has 0 saturated heterocycles. The Kier molecular flexibility index (Phi) is 7.19. The fourth-order valence-corrected chi connectivity index (χ4v) is 3.70. The highest BCUT2D eigenvalue weighted by Crippen LogP contribution is 2.28. The molecule has 3 N–H and O–H groups in total. The molecule has 1 amide bonds. The summed E-state index contributed by atoms with van der Waals surface area (Å²) in [7, 11) is 1.51. The molecule has 0 radical (unpaired) electrons. The number of fused-ring (bicyclic) bond motifs is 1. The molecule has 9 nitrogen and oxygen atoms in total. The van der Waals surface area contributed by atoms with Crippen LogP contribution in [-0.4, -0.2) is 35.7 Å². The molecule has 1 aromatic carbocycles. The summed E-state index contributed by atoms with van der Waals surface area (Å²) >= 11 is 0. The van der Waals surface area contributed by atoms with Gasteiger partial charge < -0.3 is 19.8 Å². The zero-order valence-electron chi connectivity index (χ0n) is 19.0. The van der Waals surface area contributed by atoms with Gasteiger partial charge in [-0.15, -0.1) is 0 Å². The van der Waals surface area contributed by atoms with E-state index in [9.17, 15) is 14.4 Å². The smallest absolute Gasteiger partial charge is 0.330 e. The van der Waals surface area contributed by atoms with E-state index in [-0.39, 0.29) is 37.0 Å². The highest BCUT2D eigenvalue weighted by Gasteiger charge is 2.25. The summed E-state index contributed by atoms with van der Waals surface area (Å²) in [5.41, 5.74) is 8.46. The first-order chi connectivity index (χ1) is 15.3. The largest absolute Gasteiger partial charge is 0.464 e. The van der Waals surface area contributed by atoms with Crippen LogP contribution in [0.3, 0.4) is 0 Å². The number of nitrogens with one attached hydrogen (secondary N) is 1. The van der Waals surface area contributed by atoms with Crippen molar-refractivity contribution in [1.29, 1.82) is 0 Å². The van der Waals surface area contributed by atoms with Gasteiger partial charge in [0.1, 0.15) is 11.4 Å². The van der Waals surface area contributed by atoms with Crippen molar-refractivity contribution in [3.63, 3.8) is 0 Å². The van der Waals surface area contributed by atoms with Crippen molar-refractivity contribution >= 4 is 28.4 Å². The summed E-state index contributed by atoms with van der Waals surface area (Å²) < 4.78 is 12.2. The van der Waals surface area contributed by atoms with Crippen molar-refractivity contribution in [2.45, 2.75) is 46.6 Å². The number of methoxy groups -OCH3 is 1. The van der Waals surface area contributed by atoms with Crippen molar-refractivity contribution < 1.29 is 13.9 Å². The molecule has 0 saturated carbocycles. The van der Waals surface area contributed by atoms with Gasteiger partial charge in [0, 0.05) is 31.1 Å². The molecule has 32 heavy (non-hydrogen) atoms. The lowest BCUT2D eigenvalue weighted by atomic mass is 10.0. The molecule has 3 rings (SSSR count). The first-order valence-corrected chi connectivity index (χ1v) is 10.7. The number of hydrogen-bond acceptors (Lipinski definition) is 6. The van der Waals surface area contributed by atoms with Crippen LogP contribution in [0.4, 0.5) is 11.5 Å². The maximum Gasteiger partial charge on any atom is 0.330 e. The normalized spacial score (nSPS) is 11.2. The molecule has 0 fully saturated rings. The Hall–Kier alpha value is -3.33. The van der Waals surface area contributed by atoms with Gasteiger partial charge in [0.15, 0.2) is 5.69 Å². The SMILES string of the molecule is CCCCn1c(N)c(N(CCOC)C(=O)Cc2coc3c(C)c(C)ccc23)c(=O)[nH]c1=O. The fraction of sp³-hybridized carbons (Fsp3) is 0.435. The standard InChI is InChI=1S/C23H30N4O5/c1-5-6-9-27-21(24)19(22(29)25-23(27)30)26(10-11-31-4)18(28)12-16-13-32-20-15(3)14(2)7-8-17(16)20/h7-8,13H,5-6,9-12,24H2,1-4H3,(H,25,29,30). The summed E-state index contributed by atoms with van der Waals surface area (Å²) in [6, 6.07) is 3.91. The van der Waals surface area contributed by atoms with E-state index in [2.05, 4.69) is 4.98 Å². The Labute approximate surface area is 185 Å². The Morgan fingerprint density at radius 1 is 1.28 bits per heavy atom. The van der Waals surface area contributed by atoms with Gasteiger partial charge in [-0.25, -0.2) is 4.79 Å². The number of carbonyl (C=O) groups is 1. The number of H-pyrrole nitrogens is 1. The van der Waals surface area contributed by atoms with Crippen LogP contribution in [0.25, 0.3) is 11.0 Å². The topological polar surface area (TPSA) is 124 Å². The van der Waals surface area contributed by atoms with E-state index >= 15 is 0 Å². The highest BCUT2D eigenvalue weighted by atomic mass is 16.5. The Bertz CT molecular complexity index is 1240. The lowest BCUT2D eigenvalue weighted by molar-refractivity contribution is -0.118. The van der Waals surface area contributed by atoms with Gasteiger partial charge >= 0.3 is 5.69 Å². The molecule has 0 aliphatic carbocycles. The summed E-state index contributed by atoms with van der Waals surface area (Å²) in [6.07, 6.45) is 3.13. The van der Waals surface area contributed by atoms with E-state index in [1.807, 2.05) is 32.9 Å². The zero-order chi connectivity index (χ0) is 23.4.